The van der Waals surface area contributed by atoms with E-state index in [-0.39, 0.29) is 22.7 Å². The van der Waals surface area contributed by atoms with Crippen LogP contribution >= 0.6 is 0 Å². The molecule has 0 saturated heterocycles. The summed E-state index contributed by atoms with van der Waals surface area (Å²) in [5.74, 6) is 5.47. The maximum Gasteiger partial charge on any atom is 0.219 e. The Morgan fingerprint density at radius 2 is 2.00 bits per heavy atom. The van der Waals surface area contributed by atoms with Crippen LogP contribution in [0, 0.1) is 23.2 Å². The van der Waals surface area contributed by atoms with Gasteiger partial charge in [0.05, 0.1) is 5.69 Å². The van der Waals surface area contributed by atoms with Crippen molar-refractivity contribution in [2.75, 3.05) is 0 Å². The highest BCUT2D eigenvalue weighted by atomic mass is 19.1. The number of aromatic nitrogens is 4. The second-order valence-electron chi connectivity index (χ2n) is 7.37. The zero-order chi connectivity index (χ0) is 19.0. The number of nitrogens with zero attached hydrogens (tertiary/aromatic N) is 3. The van der Waals surface area contributed by atoms with Gasteiger partial charge in [0.25, 0.3) is 0 Å². The number of nitrogens with one attached hydrogen (secondary N) is 1. The Morgan fingerprint density at radius 3 is 2.78 bits per heavy atom. The summed E-state index contributed by atoms with van der Waals surface area (Å²) in [4.78, 5) is 27.4. The molecule has 3 heterocycles. The molecule has 0 aromatic carbocycles. The molecule has 0 amide bonds. The van der Waals surface area contributed by atoms with E-state index in [4.69, 9.17) is 0 Å². The normalized spacial score (nSPS) is 15.0. The van der Waals surface area contributed by atoms with Crippen molar-refractivity contribution in [2.45, 2.75) is 26.7 Å². The summed E-state index contributed by atoms with van der Waals surface area (Å²) in [5, 5.41) is 0. The summed E-state index contributed by atoms with van der Waals surface area (Å²) < 4.78 is 14.1. The molecule has 0 atom stereocenters. The molecule has 3 aromatic heterocycles. The molecule has 0 unspecified atom stereocenters. The van der Waals surface area contributed by atoms with Gasteiger partial charge in [0, 0.05) is 29.9 Å². The number of hydrogen-bond donors (Lipinski definition) is 1. The minimum atomic E-state index is -0.557. The number of halogens is 1. The molecule has 134 valence electrons. The summed E-state index contributed by atoms with van der Waals surface area (Å²) in [6.45, 7) is 4.11. The van der Waals surface area contributed by atoms with Crippen LogP contribution in [0.2, 0.25) is 0 Å². The summed E-state index contributed by atoms with van der Waals surface area (Å²) in [7, 11) is 0. The van der Waals surface area contributed by atoms with Gasteiger partial charge >= 0.3 is 0 Å². The minimum absolute atomic E-state index is 0.105. The second kappa shape index (κ2) is 6.44. The van der Waals surface area contributed by atoms with Gasteiger partial charge in [-0.2, -0.15) is 4.39 Å². The van der Waals surface area contributed by atoms with Crippen LogP contribution in [0.1, 0.15) is 47.8 Å². The number of rotatable bonds is 1. The minimum Gasteiger partial charge on any atom is -0.308 e. The van der Waals surface area contributed by atoms with Gasteiger partial charge in [-0.1, -0.05) is 13.8 Å². The predicted molar refractivity (Wildman–Crippen MR) is 98.4 cm³/mol. The molecule has 4 rings (SSSR count). The van der Waals surface area contributed by atoms with Gasteiger partial charge in [0.15, 0.2) is 11.6 Å². The number of carbonyl (C=O) groups is 1. The van der Waals surface area contributed by atoms with Crippen LogP contribution in [0.3, 0.4) is 0 Å². The number of hydrogen-bond acceptors (Lipinski definition) is 4. The van der Waals surface area contributed by atoms with E-state index in [2.05, 4.69) is 45.6 Å². The van der Waals surface area contributed by atoms with E-state index in [1.54, 1.807) is 36.7 Å². The van der Waals surface area contributed by atoms with Crippen molar-refractivity contribution in [1.29, 1.82) is 0 Å². The molecule has 1 aliphatic carbocycles. The van der Waals surface area contributed by atoms with Gasteiger partial charge in [-0.05, 0) is 47.9 Å². The number of aromatic amines is 1. The average Bonchev–Trinajstić information content (AvgIpc) is 3.00. The Morgan fingerprint density at radius 1 is 1.15 bits per heavy atom. The van der Waals surface area contributed by atoms with Crippen LogP contribution in [0.4, 0.5) is 4.39 Å². The Bertz CT molecular complexity index is 1090. The number of carbonyl (C=O) groups excluding carboxylic acids is 1. The standard InChI is InChI=1S/C21H17FN4O/c1-21(2)10-16-15(17(27)11-21)7-5-14(24-16)6-8-18-25-19(20(22)26-18)13-4-3-9-23-12-13/h3-5,7,9,12H,10-11H2,1-2H3,(H,25,26). The summed E-state index contributed by atoms with van der Waals surface area (Å²) in [5.41, 5.74) is 2.61. The first kappa shape index (κ1) is 17.1. The van der Waals surface area contributed by atoms with Crippen molar-refractivity contribution in [1.82, 2.24) is 19.9 Å². The van der Waals surface area contributed by atoms with Crippen molar-refractivity contribution < 1.29 is 9.18 Å². The number of imidazole rings is 1. The Labute approximate surface area is 156 Å². The lowest BCUT2D eigenvalue weighted by molar-refractivity contribution is 0.0910. The number of ketones is 1. The summed E-state index contributed by atoms with van der Waals surface area (Å²) >= 11 is 0. The van der Waals surface area contributed by atoms with Crippen LogP contribution in [0.15, 0.2) is 36.7 Å². The highest BCUT2D eigenvalue weighted by Crippen LogP contribution is 2.33. The molecule has 0 spiro atoms. The Hall–Kier alpha value is -3.33. The number of fused-ring (bicyclic) bond motifs is 1. The van der Waals surface area contributed by atoms with Gasteiger partial charge in [-0.3, -0.25) is 9.78 Å². The molecule has 0 fully saturated rings. The average molecular weight is 360 g/mol. The van der Waals surface area contributed by atoms with Crippen molar-refractivity contribution >= 4 is 5.78 Å². The van der Waals surface area contributed by atoms with Crippen molar-refractivity contribution in [3.63, 3.8) is 0 Å². The molecule has 27 heavy (non-hydrogen) atoms. The van der Waals surface area contributed by atoms with E-state index < -0.39 is 5.95 Å². The van der Waals surface area contributed by atoms with Crippen LogP contribution < -0.4 is 0 Å². The van der Waals surface area contributed by atoms with Gasteiger partial charge < -0.3 is 4.98 Å². The molecule has 3 aromatic rings. The van der Waals surface area contributed by atoms with Gasteiger partial charge in [0.2, 0.25) is 5.95 Å². The number of pyridine rings is 2. The molecule has 0 radical (unpaired) electrons. The lowest BCUT2D eigenvalue weighted by Crippen LogP contribution is -2.28. The van der Waals surface area contributed by atoms with E-state index in [1.165, 1.54) is 0 Å². The Balaban J connectivity index is 1.64. The fourth-order valence-corrected chi connectivity index (χ4v) is 3.23. The van der Waals surface area contributed by atoms with Gasteiger partial charge in [0.1, 0.15) is 11.4 Å². The highest BCUT2D eigenvalue weighted by molar-refractivity contribution is 5.98. The molecular formula is C21H17FN4O. The second-order valence-corrected chi connectivity index (χ2v) is 7.37. The monoisotopic (exact) mass is 360 g/mol. The van der Waals surface area contributed by atoms with E-state index in [1.807, 2.05) is 0 Å². The fraction of sp³-hybridized carbons (Fsp3) is 0.238. The third-order valence-electron chi connectivity index (χ3n) is 4.46. The molecule has 0 aliphatic heterocycles. The highest BCUT2D eigenvalue weighted by Gasteiger charge is 2.31. The first-order valence-corrected chi connectivity index (χ1v) is 8.62. The zero-order valence-corrected chi connectivity index (χ0v) is 15.0. The molecule has 1 aliphatic rings. The van der Waals surface area contributed by atoms with E-state index in [0.717, 1.165) is 12.1 Å². The largest absolute Gasteiger partial charge is 0.308 e. The first-order valence-electron chi connectivity index (χ1n) is 8.62. The summed E-state index contributed by atoms with van der Waals surface area (Å²) in [6, 6.07) is 6.93. The fourth-order valence-electron chi connectivity index (χ4n) is 3.23. The molecular weight excluding hydrogens is 343 g/mol. The van der Waals surface area contributed by atoms with Crippen LogP contribution in [-0.4, -0.2) is 25.7 Å². The number of Topliss-reactive ketones (excluding diaryl/α,β-unsaturated/α-hetero) is 1. The Kier molecular flexibility index (Phi) is 4.08. The topological polar surface area (TPSA) is 71.5 Å². The third-order valence-corrected chi connectivity index (χ3v) is 4.46. The van der Waals surface area contributed by atoms with Crippen LogP contribution in [-0.2, 0) is 6.42 Å². The third kappa shape index (κ3) is 3.49. The lowest BCUT2D eigenvalue weighted by atomic mass is 9.75. The maximum absolute atomic E-state index is 14.1. The zero-order valence-electron chi connectivity index (χ0n) is 15.0. The van der Waals surface area contributed by atoms with E-state index >= 15 is 0 Å². The molecule has 0 bridgehead atoms. The quantitative estimate of drug-likeness (QED) is 0.674. The van der Waals surface area contributed by atoms with E-state index in [9.17, 15) is 9.18 Å². The molecule has 1 N–H and O–H groups in total. The number of H-pyrrole nitrogens is 1. The molecule has 0 saturated carbocycles. The van der Waals surface area contributed by atoms with Crippen LogP contribution in [0.5, 0.6) is 0 Å². The van der Waals surface area contributed by atoms with Gasteiger partial charge in [-0.15, -0.1) is 0 Å². The summed E-state index contributed by atoms with van der Waals surface area (Å²) in [6.07, 6.45) is 4.41. The van der Waals surface area contributed by atoms with Crippen molar-refractivity contribution in [3.05, 3.63) is 65.4 Å². The van der Waals surface area contributed by atoms with E-state index in [0.29, 0.717) is 23.2 Å². The maximum atomic E-state index is 14.1. The SMILES string of the molecule is CC1(C)CC(=O)c2ccc(C#Cc3nc(-c4cccnc4)c(F)[nH]3)nc2C1. The predicted octanol–water partition coefficient (Wildman–Crippen LogP) is 3.56. The van der Waals surface area contributed by atoms with Gasteiger partial charge in [-0.25, -0.2) is 9.97 Å². The van der Waals surface area contributed by atoms with Crippen molar-refractivity contribution in [3.8, 4) is 23.1 Å². The first-order chi connectivity index (χ1) is 12.9. The van der Waals surface area contributed by atoms with Crippen LogP contribution in [0.25, 0.3) is 11.3 Å². The smallest absolute Gasteiger partial charge is 0.219 e. The molecule has 5 nitrogen and oxygen atoms in total. The van der Waals surface area contributed by atoms with Crippen molar-refractivity contribution in [2.24, 2.45) is 5.41 Å². The lowest BCUT2D eigenvalue weighted by Gasteiger charge is -2.29. The molecule has 6 heteroatoms.